The van der Waals surface area contributed by atoms with Gasteiger partial charge in [-0.1, -0.05) is 36.8 Å². The van der Waals surface area contributed by atoms with Crippen LogP contribution < -0.4 is 11.1 Å². The summed E-state index contributed by atoms with van der Waals surface area (Å²) in [6.07, 6.45) is 4.52. The van der Waals surface area contributed by atoms with Crippen molar-refractivity contribution in [1.82, 2.24) is 10.2 Å². The summed E-state index contributed by atoms with van der Waals surface area (Å²) in [7, 11) is 0. The van der Waals surface area contributed by atoms with Gasteiger partial charge in [-0.2, -0.15) is 0 Å². The zero-order valence-corrected chi connectivity index (χ0v) is 15.8. The molecule has 142 valence electrons. The third-order valence-electron chi connectivity index (χ3n) is 6.19. The van der Waals surface area contributed by atoms with Gasteiger partial charge in [-0.3, -0.25) is 9.59 Å². The summed E-state index contributed by atoms with van der Waals surface area (Å²) in [5.74, 6) is 1.07. The standard InChI is InChI=1S/C20H27N3O2.ClH/c21-11-14-7-4-8-16(14)20(25)22-15-9-19(24)23(12-15)18-10-17(18)13-5-2-1-3-6-13;/h1-3,5-6,14-18H,4,7-12,21H2,(H,22,25);1H/t14-,15?,16-,17?,18?;/m1./s1. The van der Waals surface area contributed by atoms with E-state index in [1.807, 2.05) is 11.0 Å². The van der Waals surface area contributed by atoms with E-state index in [1.165, 1.54) is 5.56 Å². The Hall–Kier alpha value is -1.59. The van der Waals surface area contributed by atoms with Crippen molar-refractivity contribution in [3.05, 3.63) is 35.9 Å². The van der Waals surface area contributed by atoms with Gasteiger partial charge in [0.05, 0.1) is 6.04 Å². The molecule has 26 heavy (non-hydrogen) atoms. The lowest BCUT2D eigenvalue weighted by Crippen LogP contribution is -2.42. The molecule has 0 bridgehead atoms. The van der Waals surface area contributed by atoms with Gasteiger partial charge >= 0.3 is 0 Å². The monoisotopic (exact) mass is 377 g/mol. The van der Waals surface area contributed by atoms with Gasteiger partial charge in [-0.25, -0.2) is 0 Å². The predicted octanol–water partition coefficient (Wildman–Crippen LogP) is 2.06. The van der Waals surface area contributed by atoms with Crippen molar-refractivity contribution in [1.29, 1.82) is 0 Å². The number of halogens is 1. The first-order valence-electron chi connectivity index (χ1n) is 9.52. The van der Waals surface area contributed by atoms with Crippen LogP contribution in [0.15, 0.2) is 30.3 Å². The molecule has 1 aromatic carbocycles. The zero-order chi connectivity index (χ0) is 17.4. The van der Waals surface area contributed by atoms with Crippen LogP contribution in [0.1, 0.15) is 43.6 Å². The number of benzene rings is 1. The highest BCUT2D eigenvalue weighted by atomic mass is 35.5. The second kappa shape index (κ2) is 7.97. The first-order chi connectivity index (χ1) is 12.2. The maximum atomic E-state index is 12.6. The SMILES string of the molecule is Cl.NC[C@H]1CCC[C@H]1C(=O)NC1CC(=O)N(C2CC2c2ccccc2)C1. The number of hydrogen-bond donors (Lipinski definition) is 2. The molecule has 2 saturated carbocycles. The van der Waals surface area contributed by atoms with E-state index in [1.54, 1.807) is 0 Å². The van der Waals surface area contributed by atoms with E-state index in [2.05, 4.69) is 29.6 Å². The minimum absolute atomic E-state index is 0. The molecule has 5 nitrogen and oxygen atoms in total. The number of carbonyl (C=O) groups is 2. The van der Waals surface area contributed by atoms with Gasteiger partial charge in [-0.05, 0) is 37.3 Å². The summed E-state index contributed by atoms with van der Waals surface area (Å²) in [4.78, 5) is 27.0. The fourth-order valence-electron chi connectivity index (χ4n) is 4.71. The highest BCUT2D eigenvalue weighted by Crippen LogP contribution is 2.46. The van der Waals surface area contributed by atoms with Gasteiger partial charge in [0.1, 0.15) is 0 Å². The molecular formula is C20H28ClN3O2. The Kier molecular flexibility index (Phi) is 5.88. The molecule has 4 rings (SSSR count). The molecule has 1 heterocycles. The Morgan fingerprint density at radius 3 is 2.73 bits per heavy atom. The average Bonchev–Trinajstić information content (AvgIpc) is 3.11. The molecule has 3 N–H and O–H groups in total. The Labute approximate surface area is 161 Å². The van der Waals surface area contributed by atoms with Crippen molar-refractivity contribution in [3.8, 4) is 0 Å². The van der Waals surface area contributed by atoms with Gasteiger partial charge < -0.3 is 16.0 Å². The van der Waals surface area contributed by atoms with E-state index in [0.29, 0.717) is 37.4 Å². The van der Waals surface area contributed by atoms with Crippen molar-refractivity contribution < 1.29 is 9.59 Å². The second-order valence-corrected chi connectivity index (χ2v) is 7.81. The molecule has 1 saturated heterocycles. The molecule has 0 aromatic heterocycles. The Morgan fingerprint density at radius 2 is 2.00 bits per heavy atom. The second-order valence-electron chi connectivity index (χ2n) is 7.81. The van der Waals surface area contributed by atoms with Gasteiger partial charge in [0.15, 0.2) is 0 Å². The smallest absolute Gasteiger partial charge is 0.225 e. The van der Waals surface area contributed by atoms with E-state index in [9.17, 15) is 9.59 Å². The molecule has 2 aliphatic carbocycles. The summed E-state index contributed by atoms with van der Waals surface area (Å²) in [5, 5.41) is 3.13. The van der Waals surface area contributed by atoms with E-state index in [4.69, 9.17) is 5.73 Å². The maximum absolute atomic E-state index is 12.6. The van der Waals surface area contributed by atoms with Gasteiger partial charge in [-0.15, -0.1) is 12.4 Å². The average molecular weight is 378 g/mol. The van der Waals surface area contributed by atoms with Crippen LogP contribution in [0.4, 0.5) is 0 Å². The third kappa shape index (κ3) is 3.74. The molecular weight excluding hydrogens is 350 g/mol. The number of nitrogens with one attached hydrogen (secondary N) is 1. The van der Waals surface area contributed by atoms with Crippen LogP contribution >= 0.6 is 12.4 Å². The number of likely N-dealkylation sites (tertiary alicyclic amines) is 1. The molecule has 3 aliphatic rings. The molecule has 3 unspecified atom stereocenters. The lowest BCUT2D eigenvalue weighted by Gasteiger charge is -2.21. The number of rotatable bonds is 5. The first-order valence-corrected chi connectivity index (χ1v) is 9.52. The number of amides is 2. The van der Waals surface area contributed by atoms with Crippen molar-refractivity contribution in [2.24, 2.45) is 17.6 Å². The van der Waals surface area contributed by atoms with Crippen LogP contribution in [-0.2, 0) is 9.59 Å². The predicted molar refractivity (Wildman–Crippen MR) is 103 cm³/mol. The highest BCUT2D eigenvalue weighted by molar-refractivity contribution is 5.85. The lowest BCUT2D eigenvalue weighted by molar-refractivity contribution is -0.128. The molecule has 3 fully saturated rings. The van der Waals surface area contributed by atoms with E-state index < -0.39 is 0 Å². The molecule has 1 aliphatic heterocycles. The van der Waals surface area contributed by atoms with E-state index in [0.717, 1.165) is 25.7 Å². The minimum atomic E-state index is -0.0453. The van der Waals surface area contributed by atoms with Crippen molar-refractivity contribution >= 4 is 24.2 Å². The van der Waals surface area contributed by atoms with E-state index in [-0.39, 0.29) is 36.2 Å². The number of carbonyl (C=O) groups excluding carboxylic acids is 2. The summed E-state index contributed by atoms with van der Waals surface area (Å²) in [6, 6.07) is 10.7. The van der Waals surface area contributed by atoms with Crippen molar-refractivity contribution in [2.75, 3.05) is 13.1 Å². The Morgan fingerprint density at radius 1 is 1.23 bits per heavy atom. The first kappa shape index (κ1) is 19.2. The van der Waals surface area contributed by atoms with Crippen LogP contribution in [0.2, 0.25) is 0 Å². The van der Waals surface area contributed by atoms with Crippen LogP contribution in [0.5, 0.6) is 0 Å². The molecule has 6 heteroatoms. The zero-order valence-electron chi connectivity index (χ0n) is 15.0. The minimum Gasteiger partial charge on any atom is -0.351 e. The lowest BCUT2D eigenvalue weighted by atomic mass is 9.95. The van der Waals surface area contributed by atoms with Crippen LogP contribution in [0.25, 0.3) is 0 Å². The van der Waals surface area contributed by atoms with Crippen molar-refractivity contribution in [2.45, 2.75) is 50.1 Å². The summed E-state index contributed by atoms with van der Waals surface area (Å²) < 4.78 is 0. The van der Waals surface area contributed by atoms with Gasteiger partial charge in [0, 0.05) is 30.8 Å². The largest absolute Gasteiger partial charge is 0.351 e. The van der Waals surface area contributed by atoms with Crippen molar-refractivity contribution in [3.63, 3.8) is 0 Å². The van der Waals surface area contributed by atoms with E-state index >= 15 is 0 Å². The maximum Gasteiger partial charge on any atom is 0.225 e. The topological polar surface area (TPSA) is 75.4 Å². The Bertz CT molecular complexity index is 654. The third-order valence-corrected chi connectivity index (χ3v) is 6.19. The molecule has 5 atom stereocenters. The van der Waals surface area contributed by atoms with Crippen LogP contribution in [0, 0.1) is 11.8 Å². The van der Waals surface area contributed by atoms with Crippen LogP contribution in [0.3, 0.4) is 0 Å². The molecule has 0 spiro atoms. The molecule has 1 aromatic rings. The molecule has 2 amide bonds. The van der Waals surface area contributed by atoms with Gasteiger partial charge in [0.25, 0.3) is 0 Å². The fraction of sp³-hybridized carbons (Fsp3) is 0.600. The number of nitrogens with zero attached hydrogens (tertiary/aromatic N) is 1. The summed E-state index contributed by atoms with van der Waals surface area (Å²) >= 11 is 0. The quantitative estimate of drug-likeness (QED) is 0.824. The number of nitrogens with two attached hydrogens (primary N) is 1. The summed E-state index contributed by atoms with van der Waals surface area (Å²) in [6.45, 7) is 1.23. The summed E-state index contributed by atoms with van der Waals surface area (Å²) in [5.41, 5.74) is 7.10. The number of hydrogen-bond acceptors (Lipinski definition) is 3. The fourth-order valence-corrected chi connectivity index (χ4v) is 4.71. The highest BCUT2D eigenvalue weighted by Gasteiger charge is 2.48. The molecule has 0 radical (unpaired) electrons. The van der Waals surface area contributed by atoms with Crippen LogP contribution in [-0.4, -0.2) is 41.9 Å². The Balaban J connectivity index is 0.00000196. The normalized spacial score (nSPS) is 33.0. The van der Waals surface area contributed by atoms with Gasteiger partial charge in [0.2, 0.25) is 11.8 Å².